The van der Waals surface area contributed by atoms with Gasteiger partial charge in [-0.1, -0.05) is 27.2 Å². The van der Waals surface area contributed by atoms with Gasteiger partial charge in [-0.25, -0.2) is 13.2 Å². The molecular weight excluding hydrogens is 360 g/mol. The molecule has 146 valence electrons. The first-order valence-electron chi connectivity index (χ1n) is 8.32. The van der Waals surface area contributed by atoms with Gasteiger partial charge in [0.25, 0.3) is 0 Å². The number of carboxylic acids is 1. The number of hydrogen-bond acceptors (Lipinski definition) is 5. The minimum absolute atomic E-state index is 0.0138. The van der Waals surface area contributed by atoms with E-state index in [1.807, 2.05) is 0 Å². The zero-order valence-electron chi connectivity index (χ0n) is 15.4. The van der Waals surface area contributed by atoms with Gasteiger partial charge in [0.2, 0.25) is 15.9 Å². The van der Waals surface area contributed by atoms with Crippen molar-refractivity contribution in [1.29, 1.82) is 0 Å². The number of nitrogens with one attached hydrogen (secondary N) is 2. The van der Waals surface area contributed by atoms with Gasteiger partial charge in [0.1, 0.15) is 17.8 Å². The lowest BCUT2D eigenvalue weighted by Crippen LogP contribution is -2.53. The Balaban J connectivity index is 2.98. The molecule has 26 heavy (non-hydrogen) atoms. The normalized spacial score (nSPS) is 13.9. The van der Waals surface area contributed by atoms with Crippen LogP contribution in [-0.2, 0) is 19.6 Å². The second kappa shape index (κ2) is 9.54. The largest absolute Gasteiger partial charge is 0.497 e. The minimum Gasteiger partial charge on any atom is -0.497 e. The number of sulfonamides is 1. The van der Waals surface area contributed by atoms with Crippen LogP contribution in [0.25, 0.3) is 0 Å². The fourth-order valence-corrected chi connectivity index (χ4v) is 3.63. The van der Waals surface area contributed by atoms with E-state index >= 15 is 0 Å². The van der Waals surface area contributed by atoms with Gasteiger partial charge in [0, 0.05) is 0 Å². The quantitative estimate of drug-likeness (QED) is 0.558. The molecule has 0 aliphatic heterocycles. The van der Waals surface area contributed by atoms with Gasteiger partial charge < -0.3 is 15.2 Å². The van der Waals surface area contributed by atoms with Crippen LogP contribution in [0.4, 0.5) is 0 Å². The number of carbonyl (C=O) groups excluding carboxylic acids is 1. The maximum absolute atomic E-state index is 12.5. The number of ether oxygens (including phenoxy) is 1. The Kier molecular flexibility index (Phi) is 8.04. The average Bonchev–Trinajstić information content (AvgIpc) is 2.58. The average molecular weight is 386 g/mol. The predicted octanol–water partition coefficient (Wildman–Crippen LogP) is 1.37. The molecule has 1 aromatic carbocycles. The summed E-state index contributed by atoms with van der Waals surface area (Å²) < 4.78 is 32.4. The number of carboxylic acid groups (broad SMARTS) is 1. The first-order chi connectivity index (χ1) is 12.1. The van der Waals surface area contributed by atoms with Gasteiger partial charge >= 0.3 is 5.97 Å². The van der Waals surface area contributed by atoms with Crippen LogP contribution in [0.15, 0.2) is 29.2 Å². The minimum atomic E-state index is -3.96. The van der Waals surface area contributed by atoms with E-state index in [1.165, 1.54) is 31.4 Å². The van der Waals surface area contributed by atoms with E-state index in [2.05, 4.69) is 10.0 Å². The molecule has 0 spiro atoms. The van der Waals surface area contributed by atoms with Crippen LogP contribution >= 0.6 is 0 Å². The van der Waals surface area contributed by atoms with Crippen LogP contribution < -0.4 is 14.8 Å². The second-order valence-electron chi connectivity index (χ2n) is 6.21. The Labute approximate surface area is 154 Å². The highest BCUT2D eigenvalue weighted by molar-refractivity contribution is 7.89. The van der Waals surface area contributed by atoms with Crippen molar-refractivity contribution in [3.05, 3.63) is 24.3 Å². The number of amides is 1. The van der Waals surface area contributed by atoms with E-state index in [1.54, 1.807) is 20.8 Å². The molecule has 1 aromatic rings. The molecule has 2 atom stereocenters. The molecule has 0 saturated carbocycles. The molecule has 1 amide bonds. The number of methoxy groups -OCH3 is 1. The van der Waals surface area contributed by atoms with Crippen molar-refractivity contribution >= 4 is 21.9 Å². The Hall–Kier alpha value is -2.13. The molecule has 0 fully saturated rings. The summed E-state index contributed by atoms with van der Waals surface area (Å²) in [4.78, 5) is 23.7. The monoisotopic (exact) mass is 386 g/mol. The van der Waals surface area contributed by atoms with Crippen molar-refractivity contribution in [2.45, 2.75) is 50.6 Å². The zero-order valence-corrected chi connectivity index (χ0v) is 16.2. The van der Waals surface area contributed by atoms with Gasteiger partial charge in [-0.2, -0.15) is 4.72 Å². The second-order valence-corrected chi connectivity index (χ2v) is 7.92. The summed E-state index contributed by atoms with van der Waals surface area (Å²) in [5, 5.41) is 11.6. The summed E-state index contributed by atoms with van der Waals surface area (Å²) in [6.07, 6.45) is 0.832. The lowest BCUT2D eigenvalue weighted by atomic mass is 10.0. The first kappa shape index (κ1) is 21.9. The molecule has 0 radical (unpaired) electrons. The van der Waals surface area contributed by atoms with Crippen molar-refractivity contribution in [2.24, 2.45) is 5.92 Å². The molecule has 0 aromatic heterocycles. The highest BCUT2D eigenvalue weighted by Gasteiger charge is 2.31. The summed E-state index contributed by atoms with van der Waals surface area (Å²) in [6, 6.07) is 3.59. The van der Waals surface area contributed by atoms with Gasteiger partial charge in [0.15, 0.2) is 0 Å². The molecule has 0 aliphatic rings. The van der Waals surface area contributed by atoms with E-state index < -0.39 is 34.0 Å². The fourth-order valence-electron chi connectivity index (χ4n) is 2.29. The third-order valence-corrected chi connectivity index (χ3v) is 5.25. The molecule has 0 heterocycles. The van der Waals surface area contributed by atoms with E-state index in [0.29, 0.717) is 12.2 Å². The lowest BCUT2D eigenvalue weighted by molar-refractivity contribution is -0.142. The highest BCUT2D eigenvalue weighted by atomic mass is 32.2. The van der Waals surface area contributed by atoms with Crippen LogP contribution in [0.5, 0.6) is 5.75 Å². The van der Waals surface area contributed by atoms with Crippen LogP contribution in [0.3, 0.4) is 0 Å². The first-order valence-corrected chi connectivity index (χ1v) is 9.80. The summed E-state index contributed by atoms with van der Waals surface area (Å²) in [5.41, 5.74) is 0. The Morgan fingerprint density at radius 2 is 1.77 bits per heavy atom. The van der Waals surface area contributed by atoms with Crippen molar-refractivity contribution in [3.63, 3.8) is 0 Å². The maximum Gasteiger partial charge on any atom is 0.326 e. The lowest BCUT2D eigenvalue weighted by Gasteiger charge is -2.24. The van der Waals surface area contributed by atoms with E-state index in [0.717, 1.165) is 0 Å². The summed E-state index contributed by atoms with van der Waals surface area (Å²) in [5.74, 6) is -1.69. The van der Waals surface area contributed by atoms with E-state index in [9.17, 15) is 18.0 Å². The van der Waals surface area contributed by atoms with Crippen LogP contribution in [-0.4, -0.2) is 44.6 Å². The van der Waals surface area contributed by atoms with Gasteiger partial charge in [0.05, 0.1) is 12.0 Å². The number of aliphatic carboxylic acids is 1. The van der Waals surface area contributed by atoms with Gasteiger partial charge in [-0.15, -0.1) is 0 Å². The Bertz CT molecular complexity index is 715. The third kappa shape index (κ3) is 5.99. The van der Waals surface area contributed by atoms with Crippen LogP contribution in [0.1, 0.15) is 33.6 Å². The number of benzene rings is 1. The maximum atomic E-state index is 12.5. The molecular formula is C17H26N2O6S. The molecule has 8 nitrogen and oxygen atoms in total. The highest BCUT2D eigenvalue weighted by Crippen LogP contribution is 2.17. The summed E-state index contributed by atoms with van der Waals surface area (Å²) in [6.45, 7) is 5.15. The van der Waals surface area contributed by atoms with Crippen LogP contribution in [0, 0.1) is 5.92 Å². The summed E-state index contributed by atoms with van der Waals surface area (Å²) >= 11 is 0. The molecule has 1 rings (SSSR count). The van der Waals surface area contributed by atoms with E-state index in [4.69, 9.17) is 9.84 Å². The van der Waals surface area contributed by atoms with Gasteiger partial charge in [-0.3, -0.25) is 4.79 Å². The molecule has 1 unspecified atom stereocenters. The smallest absolute Gasteiger partial charge is 0.326 e. The van der Waals surface area contributed by atoms with Crippen molar-refractivity contribution in [1.82, 2.24) is 10.0 Å². The topological polar surface area (TPSA) is 122 Å². The summed E-state index contributed by atoms with van der Waals surface area (Å²) in [7, 11) is -2.49. The molecule has 0 bridgehead atoms. The van der Waals surface area contributed by atoms with E-state index in [-0.39, 0.29) is 17.2 Å². The fraction of sp³-hybridized carbons (Fsp3) is 0.529. The molecule has 0 saturated heterocycles. The number of carbonyl (C=O) groups is 2. The Morgan fingerprint density at radius 3 is 2.19 bits per heavy atom. The standard InChI is InChI=1S/C17H26N2O6S/c1-5-6-14(17(21)22)18-16(20)15(11(2)3)19-26(23,24)13-9-7-12(25-4)8-10-13/h7-11,14-15,19H,5-6H2,1-4H3,(H,18,20)(H,21,22)/t14?,15-/m0/s1. The van der Waals surface area contributed by atoms with Crippen molar-refractivity contribution in [2.75, 3.05) is 7.11 Å². The molecule has 9 heteroatoms. The SMILES string of the molecule is CCCC(NC(=O)[C@@H](NS(=O)(=O)c1ccc(OC)cc1)C(C)C)C(=O)O. The molecule has 0 aliphatic carbocycles. The predicted molar refractivity (Wildman–Crippen MR) is 96.4 cm³/mol. The van der Waals surface area contributed by atoms with Crippen LogP contribution in [0.2, 0.25) is 0 Å². The van der Waals surface area contributed by atoms with Crippen molar-refractivity contribution in [3.8, 4) is 5.75 Å². The van der Waals surface area contributed by atoms with Crippen molar-refractivity contribution < 1.29 is 27.9 Å². The zero-order chi connectivity index (χ0) is 19.9. The number of rotatable bonds is 10. The number of hydrogen-bond donors (Lipinski definition) is 3. The third-order valence-electron chi connectivity index (χ3n) is 3.79. The Morgan fingerprint density at radius 1 is 1.19 bits per heavy atom. The van der Waals surface area contributed by atoms with Gasteiger partial charge in [-0.05, 0) is 36.6 Å². The molecule has 3 N–H and O–H groups in total.